The maximum Gasteiger partial charge on any atom is 0.205 e. The second-order valence-electron chi connectivity index (χ2n) is 5.10. The molecule has 0 aromatic carbocycles. The molecule has 1 aromatic heterocycles. The Kier molecular flexibility index (Phi) is 3.11. The summed E-state index contributed by atoms with van der Waals surface area (Å²) >= 11 is 0. The van der Waals surface area contributed by atoms with E-state index in [1.165, 1.54) is 49.1 Å². The van der Waals surface area contributed by atoms with Crippen LogP contribution in [-0.2, 0) is 0 Å². The number of hydrogen-bond donors (Lipinski definition) is 1. The van der Waals surface area contributed by atoms with Crippen molar-refractivity contribution in [2.45, 2.75) is 52.0 Å². The molecule has 0 amide bonds. The van der Waals surface area contributed by atoms with Gasteiger partial charge in [0, 0.05) is 25.1 Å². The van der Waals surface area contributed by atoms with Crippen molar-refractivity contribution in [1.82, 2.24) is 9.47 Å². The van der Waals surface area contributed by atoms with Crippen molar-refractivity contribution < 1.29 is 0 Å². The highest BCUT2D eigenvalue weighted by atomic mass is 15.5. The van der Waals surface area contributed by atoms with Gasteiger partial charge in [-0.1, -0.05) is 13.8 Å². The predicted octanol–water partition coefficient (Wildman–Crippen LogP) is 3.69. The van der Waals surface area contributed by atoms with Gasteiger partial charge >= 0.3 is 0 Å². The molecule has 1 fully saturated rings. The van der Waals surface area contributed by atoms with Gasteiger partial charge in [0.1, 0.15) is 5.54 Å². The summed E-state index contributed by atoms with van der Waals surface area (Å²) in [7, 11) is 0. The number of nitrogens with zero attached hydrogens (tertiary/aromatic N) is 1. The molecule has 1 aliphatic rings. The van der Waals surface area contributed by atoms with E-state index in [1.807, 2.05) is 0 Å². The molecule has 0 saturated carbocycles. The average Bonchev–Trinajstić information content (AvgIpc) is 2.96. The average molecular weight is 221 g/mol. The standard InChI is InChI=1S/C14H25N2/c1-4-14(5-2)10-8-12-16(14,6-3)13-9-7-11-15-13/h7,9,11,15H,4-6,8,10,12H2,1-3H3/q+1. The topological polar surface area (TPSA) is 15.8 Å². The zero-order valence-electron chi connectivity index (χ0n) is 10.9. The fraction of sp³-hybridized carbons (Fsp3) is 0.714. The van der Waals surface area contributed by atoms with Crippen LogP contribution in [0.25, 0.3) is 0 Å². The summed E-state index contributed by atoms with van der Waals surface area (Å²) in [6.07, 6.45) is 7.40. The predicted molar refractivity (Wildman–Crippen MR) is 70.5 cm³/mol. The minimum atomic E-state index is 0.472. The van der Waals surface area contributed by atoms with Gasteiger partial charge < -0.3 is 4.98 Å². The summed E-state index contributed by atoms with van der Waals surface area (Å²) in [6, 6.07) is 4.41. The van der Waals surface area contributed by atoms with E-state index in [-0.39, 0.29) is 0 Å². The van der Waals surface area contributed by atoms with Gasteiger partial charge in [-0.3, -0.25) is 4.48 Å². The molecule has 1 aromatic rings. The quantitative estimate of drug-likeness (QED) is 0.746. The number of H-pyrrole nitrogens is 1. The molecule has 1 N–H and O–H groups in total. The molecule has 2 rings (SSSR count). The third kappa shape index (κ3) is 1.36. The minimum absolute atomic E-state index is 0.472. The largest absolute Gasteiger partial charge is 0.318 e. The van der Waals surface area contributed by atoms with Crippen LogP contribution in [0.3, 0.4) is 0 Å². The van der Waals surface area contributed by atoms with Gasteiger partial charge in [-0.2, -0.15) is 0 Å². The van der Waals surface area contributed by atoms with Crippen LogP contribution in [0.15, 0.2) is 18.3 Å². The van der Waals surface area contributed by atoms with Crippen molar-refractivity contribution in [1.29, 1.82) is 0 Å². The number of aromatic amines is 1. The second kappa shape index (κ2) is 4.25. The Balaban J connectivity index is 2.47. The maximum absolute atomic E-state index is 3.47. The molecule has 1 atom stereocenters. The van der Waals surface area contributed by atoms with E-state index in [1.54, 1.807) is 0 Å². The number of nitrogens with one attached hydrogen (secondary N) is 1. The molecule has 0 aliphatic carbocycles. The monoisotopic (exact) mass is 221 g/mol. The van der Waals surface area contributed by atoms with Crippen LogP contribution in [0.2, 0.25) is 0 Å². The van der Waals surface area contributed by atoms with Crippen molar-refractivity contribution in [3.63, 3.8) is 0 Å². The first-order chi connectivity index (χ1) is 7.74. The fourth-order valence-electron chi connectivity index (χ4n) is 3.97. The highest BCUT2D eigenvalue weighted by Gasteiger charge is 2.53. The van der Waals surface area contributed by atoms with Crippen LogP contribution in [0.5, 0.6) is 0 Å². The van der Waals surface area contributed by atoms with Gasteiger partial charge in [0.25, 0.3) is 0 Å². The molecule has 2 nitrogen and oxygen atoms in total. The van der Waals surface area contributed by atoms with Gasteiger partial charge in [-0.05, 0) is 25.8 Å². The van der Waals surface area contributed by atoms with E-state index in [0.29, 0.717) is 5.54 Å². The molecule has 16 heavy (non-hydrogen) atoms. The Morgan fingerprint density at radius 3 is 2.56 bits per heavy atom. The molecular formula is C14H25N2+. The van der Waals surface area contributed by atoms with Crippen LogP contribution in [-0.4, -0.2) is 23.6 Å². The lowest BCUT2D eigenvalue weighted by atomic mass is 9.87. The van der Waals surface area contributed by atoms with Gasteiger partial charge in [-0.15, -0.1) is 0 Å². The van der Waals surface area contributed by atoms with Crippen molar-refractivity contribution in [3.05, 3.63) is 18.3 Å². The Hall–Kier alpha value is -0.760. The highest BCUT2D eigenvalue weighted by Crippen LogP contribution is 2.45. The van der Waals surface area contributed by atoms with Crippen LogP contribution in [0.4, 0.5) is 5.82 Å². The van der Waals surface area contributed by atoms with Crippen molar-refractivity contribution in [2.24, 2.45) is 0 Å². The first-order valence-electron chi connectivity index (χ1n) is 6.76. The lowest BCUT2D eigenvalue weighted by Crippen LogP contribution is -2.61. The zero-order valence-corrected chi connectivity index (χ0v) is 10.9. The van der Waals surface area contributed by atoms with E-state index in [0.717, 1.165) is 0 Å². The second-order valence-corrected chi connectivity index (χ2v) is 5.10. The minimum Gasteiger partial charge on any atom is -0.318 e. The smallest absolute Gasteiger partial charge is 0.205 e. The molecule has 2 heteroatoms. The molecule has 0 bridgehead atoms. The fourth-order valence-corrected chi connectivity index (χ4v) is 3.97. The summed E-state index contributed by atoms with van der Waals surface area (Å²) in [6.45, 7) is 9.58. The Bertz CT molecular complexity index is 325. The molecular weight excluding hydrogens is 196 g/mol. The van der Waals surface area contributed by atoms with E-state index in [4.69, 9.17) is 0 Å². The van der Waals surface area contributed by atoms with Gasteiger partial charge in [0.2, 0.25) is 5.82 Å². The molecule has 1 unspecified atom stereocenters. The SMILES string of the molecule is CCC1(CC)CCC[N+]1(CC)c1ccc[nH]1. The van der Waals surface area contributed by atoms with Gasteiger partial charge in [0.15, 0.2) is 0 Å². The Morgan fingerprint density at radius 1 is 1.31 bits per heavy atom. The molecule has 1 aliphatic heterocycles. The molecule has 2 heterocycles. The summed E-state index contributed by atoms with van der Waals surface area (Å²) in [5.74, 6) is 1.42. The van der Waals surface area contributed by atoms with Crippen molar-refractivity contribution in [3.8, 4) is 0 Å². The van der Waals surface area contributed by atoms with E-state index >= 15 is 0 Å². The summed E-state index contributed by atoms with van der Waals surface area (Å²) < 4.78 is 1.17. The normalized spacial score (nSPS) is 28.4. The van der Waals surface area contributed by atoms with Gasteiger partial charge in [0.05, 0.1) is 13.1 Å². The first kappa shape index (κ1) is 11.7. The molecule has 0 spiro atoms. The summed E-state index contributed by atoms with van der Waals surface area (Å²) in [4.78, 5) is 3.47. The lowest BCUT2D eigenvalue weighted by Gasteiger charge is -2.46. The molecule has 1 saturated heterocycles. The molecule has 0 radical (unpaired) electrons. The third-order valence-corrected chi connectivity index (χ3v) is 4.99. The first-order valence-corrected chi connectivity index (χ1v) is 6.76. The molecule has 90 valence electrons. The highest BCUT2D eigenvalue weighted by molar-refractivity contribution is 5.39. The van der Waals surface area contributed by atoms with Crippen LogP contribution in [0.1, 0.15) is 46.5 Å². The number of quaternary nitrogens is 1. The van der Waals surface area contributed by atoms with Crippen molar-refractivity contribution >= 4 is 5.82 Å². The van der Waals surface area contributed by atoms with E-state index in [2.05, 4.69) is 44.1 Å². The number of rotatable bonds is 4. The zero-order chi connectivity index (χ0) is 11.6. The Labute approximate surface area is 99.3 Å². The number of hydrogen-bond acceptors (Lipinski definition) is 0. The summed E-state index contributed by atoms with van der Waals surface area (Å²) in [5, 5.41) is 0. The van der Waals surface area contributed by atoms with Gasteiger partial charge in [-0.25, -0.2) is 0 Å². The lowest BCUT2D eigenvalue weighted by molar-refractivity contribution is 0.133. The number of likely N-dealkylation sites (tertiary alicyclic amines) is 1. The van der Waals surface area contributed by atoms with Crippen LogP contribution < -0.4 is 4.48 Å². The van der Waals surface area contributed by atoms with Crippen molar-refractivity contribution in [2.75, 3.05) is 13.1 Å². The van der Waals surface area contributed by atoms with E-state index < -0.39 is 0 Å². The van der Waals surface area contributed by atoms with E-state index in [9.17, 15) is 0 Å². The summed E-state index contributed by atoms with van der Waals surface area (Å²) in [5.41, 5.74) is 0.472. The van der Waals surface area contributed by atoms with Crippen LogP contribution >= 0.6 is 0 Å². The Morgan fingerprint density at radius 2 is 2.06 bits per heavy atom. The van der Waals surface area contributed by atoms with Crippen LogP contribution in [0, 0.1) is 0 Å². The number of aromatic nitrogens is 1. The maximum atomic E-state index is 3.47. The third-order valence-electron chi connectivity index (χ3n) is 4.99.